The Hall–Kier alpha value is -5.71. The van der Waals surface area contributed by atoms with Gasteiger partial charge in [0.05, 0.1) is 29.9 Å². The van der Waals surface area contributed by atoms with E-state index in [1.807, 2.05) is 36.0 Å². The molecule has 1 atom stereocenters. The molecule has 3 heterocycles. The van der Waals surface area contributed by atoms with Gasteiger partial charge in [0.25, 0.3) is 0 Å². The van der Waals surface area contributed by atoms with Crippen LogP contribution in [0.2, 0.25) is 0 Å². The van der Waals surface area contributed by atoms with Gasteiger partial charge in [0.2, 0.25) is 5.95 Å². The number of aromatic amines is 1. The molecule has 5 rings (SSSR count). The highest BCUT2D eigenvalue weighted by molar-refractivity contribution is 5.93. The zero-order valence-electron chi connectivity index (χ0n) is 24.3. The molecule has 2 aromatic carbocycles. The van der Waals surface area contributed by atoms with Crippen molar-refractivity contribution in [3.05, 3.63) is 117 Å². The molecule has 1 aliphatic heterocycles. The summed E-state index contributed by atoms with van der Waals surface area (Å²) in [5.41, 5.74) is 1.46. The maximum absolute atomic E-state index is 13.6. The lowest BCUT2D eigenvalue weighted by molar-refractivity contribution is -0.696. The van der Waals surface area contributed by atoms with Gasteiger partial charge in [-0.1, -0.05) is 12.1 Å². The zero-order valence-corrected chi connectivity index (χ0v) is 24.3. The average molecular weight is 621 g/mol. The normalized spacial score (nSPS) is 14.2. The van der Waals surface area contributed by atoms with Crippen LogP contribution < -0.4 is 20.3 Å². The number of nitrogens with zero attached hydrogens (tertiary/aromatic N) is 5. The van der Waals surface area contributed by atoms with E-state index in [1.54, 1.807) is 25.1 Å². The number of aryl methyl sites for hydroxylation is 3. The molecular weight excluding hydrogens is 593 g/mol. The van der Waals surface area contributed by atoms with Gasteiger partial charge in [-0.25, -0.2) is 23.8 Å². The third-order valence-electron chi connectivity index (χ3n) is 7.19. The first-order valence-electron chi connectivity index (χ1n) is 13.4. The van der Waals surface area contributed by atoms with Crippen LogP contribution in [0.25, 0.3) is 0 Å². The molecule has 4 aromatic rings. The van der Waals surface area contributed by atoms with E-state index in [0.29, 0.717) is 29.7 Å². The molecule has 0 saturated heterocycles. The van der Waals surface area contributed by atoms with Crippen LogP contribution in [0.3, 0.4) is 0 Å². The third kappa shape index (κ3) is 6.62. The number of benzene rings is 2. The zero-order chi connectivity index (χ0) is 32.9. The summed E-state index contributed by atoms with van der Waals surface area (Å²) in [5.74, 6) is -0.769. The predicted octanol–water partition coefficient (Wildman–Crippen LogP) is 2.85. The number of pyridine rings is 1. The summed E-state index contributed by atoms with van der Waals surface area (Å²) in [5, 5.41) is 24.4. The van der Waals surface area contributed by atoms with E-state index in [9.17, 15) is 28.0 Å². The Morgan fingerprint density at radius 2 is 1.93 bits per heavy atom. The van der Waals surface area contributed by atoms with Gasteiger partial charge in [0.1, 0.15) is 6.04 Å². The third-order valence-corrected chi connectivity index (χ3v) is 7.19. The number of anilines is 2. The molecule has 0 fully saturated rings. The Morgan fingerprint density at radius 1 is 1.20 bits per heavy atom. The van der Waals surface area contributed by atoms with Crippen molar-refractivity contribution in [2.45, 2.75) is 39.0 Å². The number of methoxy groups -OCH3 is 1. The second-order valence-corrected chi connectivity index (χ2v) is 9.97. The van der Waals surface area contributed by atoms with Gasteiger partial charge in [-0.05, 0) is 61.4 Å². The van der Waals surface area contributed by atoms with E-state index < -0.39 is 35.9 Å². The summed E-state index contributed by atoms with van der Waals surface area (Å²) in [6.07, 6.45) is -0.279. The van der Waals surface area contributed by atoms with Crippen molar-refractivity contribution in [1.82, 2.24) is 14.8 Å². The minimum Gasteiger partial charge on any atom is -0.554 e. The number of carbonyl (C=O) groups is 2. The van der Waals surface area contributed by atoms with Crippen molar-refractivity contribution in [3.63, 3.8) is 0 Å². The molecule has 0 radical (unpaired) electrons. The van der Waals surface area contributed by atoms with Crippen LogP contribution in [0.15, 0.2) is 83.1 Å². The summed E-state index contributed by atoms with van der Waals surface area (Å²) >= 11 is 0. The minimum atomic E-state index is -4.62. The van der Waals surface area contributed by atoms with E-state index in [-0.39, 0.29) is 22.9 Å². The number of nitrogens with one attached hydrogen (secondary N) is 1. The number of ether oxygens (including phenoxy) is 1. The lowest BCUT2D eigenvalue weighted by atomic mass is 9.89. The average Bonchev–Trinajstić information content (AvgIpc) is 3.39. The lowest BCUT2D eigenvalue weighted by Gasteiger charge is -2.36. The fraction of sp³-hybridized carbons (Fsp3) is 0.226. The van der Waals surface area contributed by atoms with Crippen molar-refractivity contribution in [2.24, 2.45) is 0 Å². The molecule has 2 aromatic heterocycles. The van der Waals surface area contributed by atoms with Crippen LogP contribution in [-0.2, 0) is 33.5 Å². The van der Waals surface area contributed by atoms with Gasteiger partial charge in [0, 0.05) is 35.9 Å². The Bertz CT molecular complexity index is 1870. The van der Waals surface area contributed by atoms with Crippen molar-refractivity contribution in [2.75, 3.05) is 12.0 Å². The monoisotopic (exact) mass is 620 g/mol. The standard InChI is InChI=1S/C30H25F3N6O3.CH2O2/c1-18-6-5-12-37(17-18)13-11-21-14-20(16-34)9-10-24(21)26-25(27(40)42-3)19(2)38(28-35-36-29(41)39(26)28)23-8-4-7-22(15-23)30(31,32)33;2-1-3/h4-10,12,14-15,17,26H,11,13H2,1-3H3;1H,(H,2,3)/t26-;/m1./s1. The van der Waals surface area contributed by atoms with E-state index in [4.69, 9.17) is 14.6 Å². The van der Waals surface area contributed by atoms with Crippen LogP contribution in [0, 0.1) is 18.3 Å². The fourth-order valence-electron chi connectivity index (χ4n) is 5.28. The van der Waals surface area contributed by atoms with Gasteiger partial charge in [-0.3, -0.25) is 4.90 Å². The number of hydrogen-bond acceptors (Lipinski definition) is 8. The first-order chi connectivity index (χ1) is 21.4. The molecular formula is C31H27F3N6O5. The highest BCUT2D eigenvalue weighted by Gasteiger charge is 2.41. The summed E-state index contributed by atoms with van der Waals surface area (Å²) < 4.78 is 49.1. The maximum atomic E-state index is 13.6. The van der Waals surface area contributed by atoms with Crippen LogP contribution in [0.4, 0.5) is 24.8 Å². The SMILES string of the molecule is COC(=O)C1=C(C)N(c2cccc(C(F)(F)F)c2)c2n[nH]c(=O)n2[C@@H]1c1ccc(C#N)cc1CC[n+]1cccc(C)c1.O=C[O-]. The first-order valence-corrected chi connectivity index (χ1v) is 13.4. The Kier molecular flexibility index (Phi) is 9.51. The number of nitriles is 1. The Balaban J connectivity index is 0.00000148. The second kappa shape index (κ2) is 13.3. The van der Waals surface area contributed by atoms with Crippen LogP contribution >= 0.6 is 0 Å². The van der Waals surface area contributed by atoms with Gasteiger partial charge in [0.15, 0.2) is 18.9 Å². The number of esters is 1. The van der Waals surface area contributed by atoms with E-state index in [0.717, 1.165) is 17.7 Å². The molecule has 1 N–H and O–H groups in total. The van der Waals surface area contributed by atoms with E-state index in [1.165, 1.54) is 28.7 Å². The molecule has 0 aliphatic carbocycles. The van der Waals surface area contributed by atoms with Gasteiger partial charge >= 0.3 is 17.8 Å². The maximum Gasteiger partial charge on any atom is 0.416 e. The largest absolute Gasteiger partial charge is 0.554 e. The van der Waals surface area contributed by atoms with Crippen molar-refractivity contribution >= 4 is 24.1 Å². The minimum absolute atomic E-state index is 0.00199. The molecule has 0 saturated carbocycles. The number of carboxylic acid groups (broad SMARTS) is 1. The molecule has 0 amide bonds. The van der Waals surface area contributed by atoms with Crippen LogP contribution in [0.5, 0.6) is 0 Å². The fourth-order valence-corrected chi connectivity index (χ4v) is 5.28. The predicted molar refractivity (Wildman–Crippen MR) is 152 cm³/mol. The highest BCUT2D eigenvalue weighted by atomic mass is 19.4. The number of alkyl halides is 3. The summed E-state index contributed by atoms with van der Waals surface area (Å²) in [6.45, 7) is 3.57. The molecule has 14 heteroatoms. The number of carbonyl (C=O) groups excluding carboxylic acids is 2. The lowest BCUT2D eigenvalue weighted by Crippen LogP contribution is -2.38. The van der Waals surface area contributed by atoms with Crippen molar-refractivity contribution in [1.29, 1.82) is 5.26 Å². The molecule has 0 spiro atoms. The molecule has 11 nitrogen and oxygen atoms in total. The first kappa shape index (κ1) is 32.2. The van der Waals surface area contributed by atoms with Gasteiger partial charge < -0.3 is 14.6 Å². The molecule has 0 unspecified atom stereocenters. The molecule has 232 valence electrons. The van der Waals surface area contributed by atoms with E-state index >= 15 is 0 Å². The molecule has 0 bridgehead atoms. The van der Waals surface area contributed by atoms with Crippen molar-refractivity contribution < 1.29 is 37.2 Å². The Morgan fingerprint density at radius 3 is 2.58 bits per heavy atom. The smallest absolute Gasteiger partial charge is 0.416 e. The topological polar surface area (TPSA) is 148 Å². The summed E-state index contributed by atoms with van der Waals surface area (Å²) in [7, 11) is 1.19. The van der Waals surface area contributed by atoms with Crippen LogP contribution in [0.1, 0.15) is 40.8 Å². The summed E-state index contributed by atoms with van der Waals surface area (Å²) in [6, 6.07) is 14.5. The van der Waals surface area contributed by atoms with Crippen molar-refractivity contribution in [3.8, 4) is 6.07 Å². The van der Waals surface area contributed by atoms with Crippen LogP contribution in [-0.4, -0.2) is 34.3 Å². The molecule has 45 heavy (non-hydrogen) atoms. The van der Waals surface area contributed by atoms with Gasteiger partial charge in [-0.2, -0.15) is 18.4 Å². The number of allylic oxidation sites excluding steroid dienone is 1. The summed E-state index contributed by atoms with van der Waals surface area (Å²) in [4.78, 5) is 36.2. The Labute approximate surface area is 255 Å². The molecule has 1 aliphatic rings. The second-order valence-electron chi connectivity index (χ2n) is 9.97. The van der Waals surface area contributed by atoms with Gasteiger partial charge in [-0.15, -0.1) is 5.10 Å². The number of fused-ring (bicyclic) bond motifs is 1. The number of hydrogen-bond donors (Lipinski definition) is 1. The quantitative estimate of drug-likeness (QED) is 0.197. The number of rotatable bonds is 6. The number of H-pyrrole nitrogens is 1. The number of halogens is 3. The van der Waals surface area contributed by atoms with E-state index in [2.05, 4.69) is 16.3 Å². The number of aromatic nitrogens is 4. The highest BCUT2D eigenvalue weighted by Crippen LogP contribution is 2.43.